The first kappa shape index (κ1) is 22.0. The van der Waals surface area contributed by atoms with Crippen LogP contribution in [0.3, 0.4) is 0 Å². The molecule has 0 bridgehead atoms. The lowest BCUT2D eigenvalue weighted by molar-refractivity contribution is -0.137. The van der Waals surface area contributed by atoms with Crippen LogP contribution < -0.4 is 5.32 Å². The Bertz CT molecular complexity index is 1370. The highest BCUT2D eigenvalue weighted by Gasteiger charge is 2.36. The number of carboxylic acid groups (broad SMARTS) is 1. The van der Waals surface area contributed by atoms with Crippen molar-refractivity contribution < 1.29 is 36.6 Å². The minimum Gasteiger partial charge on any atom is -0.478 e. The summed E-state index contributed by atoms with van der Waals surface area (Å²) >= 11 is 0. The minimum atomic E-state index is -4.72. The van der Waals surface area contributed by atoms with Gasteiger partial charge in [-0.15, -0.1) is 0 Å². The SMILES string of the molecule is O=C(O)c1ccc2cc(C(F)(F)F)c(-c3ccc(NC(=O)c4c(F)cccc4F)cc3)n2c1. The summed E-state index contributed by atoms with van der Waals surface area (Å²) in [4.78, 5) is 23.5. The van der Waals surface area contributed by atoms with Crippen molar-refractivity contribution in [3.05, 3.63) is 95.2 Å². The highest BCUT2D eigenvalue weighted by Crippen LogP contribution is 2.39. The molecule has 0 atom stereocenters. The Kier molecular flexibility index (Phi) is 5.36. The molecule has 4 aromatic rings. The predicted octanol–water partition coefficient (Wildman–Crippen LogP) is 5.85. The first-order valence-corrected chi connectivity index (χ1v) is 9.37. The molecule has 2 aromatic heterocycles. The third-order valence-corrected chi connectivity index (χ3v) is 4.93. The summed E-state index contributed by atoms with van der Waals surface area (Å²) in [5.41, 5.74) is -1.96. The third-order valence-electron chi connectivity index (χ3n) is 4.93. The Hall–Kier alpha value is -4.21. The standard InChI is InChI=1S/C23H13F5N2O3/c24-17-2-1-3-18(25)19(17)21(31)29-14-7-4-12(5-8-14)20-16(23(26,27)28)10-15-9-6-13(22(32)33)11-30(15)20/h1-11H,(H,29,31)(H,32,33). The van der Waals surface area contributed by atoms with Gasteiger partial charge in [0.25, 0.3) is 5.91 Å². The van der Waals surface area contributed by atoms with Crippen LogP contribution in [0.2, 0.25) is 0 Å². The number of nitrogens with one attached hydrogen (secondary N) is 1. The number of halogens is 5. The molecule has 5 nitrogen and oxygen atoms in total. The Morgan fingerprint density at radius 3 is 2.12 bits per heavy atom. The van der Waals surface area contributed by atoms with Crippen LogP contribution in [0.1, 0.15) is 26.3 Å². The van der Waals surface area contributed by atoms with Gasteiger partial charge in [0.1, 0.15) is 17.2 Å². The zero-order chi connectivity index (χ0) is 23.9. The van der Waals surface area contributed by atoms with Gasteiger partial charge in [-0.1, -0.05) is 18.2 Å². The largest absolute Gasteiger partial charge is 0.478 e. The van der Waals surface area contributed by atoms with Gasteiger partial charge in [-0.05, 0) is 48.0 Å². The van der Waals surface area contributed by atoms with Gasteiger partial charge >= 0.3 is 12.1 Å². The highest BCUT2D eigenvalue weighted by atomic mass is 19.4. The Morgan fingerprint density at radius 1 is 0.909 bits per heavy atom. The third kappa shape index (κ3) is 4.14. The van der Waals surface area contributed by atoms with Gasteiger partial charge in [-0.2, -0.15) is 13.2 Å². The molecule has 0 aliphatic rings. The maximum Gasteiger partial charge on any atom is 0.418 e. The summed E-state index contributed by atoms with van der Waals surface area (Å²) < 4.78 is 69.8. The number of hydrogen-bond acceptors (Lipinski definition) is 2. The molecule has 33 heavy (non-hydrogen) atoms. The number of alkyl halides is 3. The molecule has 0 saturated heterocycles. The second kappa shape index (κ2) is 8.05. The maximum absolute atomic E-state index is 13.8. The van der Waals surface area contributed by atoms with Crippen LogP contribution in [-0.2, 0) is 6.18 Å². The van der Waals surface area contributed by atoms with Gasteiger partial charge in [0, 0.05) is 17.4 Å². The molecule has 4 rings (SSSR count). The number of nitrogens with zero attached hydrogens (tertiary/aromatic N) is 1. The zero-order valence-corrected chi connectivity index (χ0v) is 16.5. The van der Waals surface area contributed by atoms with E-state index in [0.717, 1.165) is 34.9 Å². The van der Waals surface area contributed by atoms with Gasteiger partial charge in [-0.3, -0.25) is 4.79 Å². The number of anilines is 1. The summed E-state index contributed by atoms with van der Waals surface area (Å²) in [6.45, 7) is 0. The monoisotopic (exact) mass is 460 g/mol. The smallest absolute Gasteiger partial charge is 0.418 e. The minimum absolute atomic E-state index is 0.0833. The number of hydrogen-bond donors (Lipinski definition) is 2. The van der Waals surface area contributed by atoms with Gasteiger partial charge in [0.05, 0.1) is 16.8 Å². The summed E-state index contributed by atoms with van der Waals surface area (Å²) in [7, 11) is 0. The molecule has 0 spiro atoms. The number of carbonyl (C=O) groups is 2. The molecule has 2 N–H and O–H groups in total. The highest BCUT2D eigenvalue weighted by molar-refractivity contribution is 6.04. The summed E-state index contributed by atoms with van der Waals surface area (Å²) in [6.07, 6.45) is -3.64. The number of amides is 1. The van der Waals surface area contributed by atoms with E-state index in [1.165, 1.54) is 36.4 Å². The number of pyridine rings is 1. The molecule has 1 amide bonds. The number of benzene rings is 2. The molecule has 0 aliphatic carbocycles. The molecule has 2 heterocycles. The lowest BCUT2D eigenvalue weighted by atomic mass is 10.1. The van der Waals surface area contributed by atoms with Crippen molar-refractivity contribution in [2.24, 2.45) is 0 Å². The molecule has 2 aromatic carbocycles. The average molecular weight is 460 g/mol. The van der Waals surface area contributed by atoms with E-state index >= 15 is 0 Å². The van der Waals surface area contributed by atoms with Crippen molar-refractivity contribution in [3.8, 4) is 11.3 Å². The van der Waals surface area contributed by atoms with Crippen LogP contribution in [0.5, 0.6) is 0 Å². The number of carboxylic acids is 1. The van der Waals surface area contributed by atoms with E-state index in [9.17, 15) is 36.6 Å². The van der Waals surface area contributed by atoms with E-state index in [1.54, 1.807) is 0 Å². The number of aromatic nitrogens is 1. The van der Waals surface area contributed by atoms with Crippen molar-refractivity contribution in [1.29, 1.82) is 0 Å². The van der Waals surface area contributed by atoms with Crippen LogP contribution in [-0.4, -0.2) is 21.4 Å². The van der Waals surface area contributed by atoms with Crippen LogP contribution in [0.4, 0.5) is 27.6 Å². The Labute approximate surface area is 182 Å². The van der Waals surface area contributed by atoms with E-state index in [4.69, 9.17) is 0 Å². The second-order valence-electron chi connectivity index (χ2n) is 7.05. The van der Waals surface area contributed by atoms with Gasteiger partial charge in [0.2, 0.25) is 0 Å². The van der Waals surface area contributed by atoms with Crippen LogP contribution in [0.15, 0.2) is 66.9 Å². The van der Waals surface area contributed by atoms with E-state index in [2.05, 4.69) is 5.32 Å². The Morgan fingerprint density at radius 2 is 1.55 bits per heavy atom. The lowest BCUT2D eigenvalue weighted by Gasteiger charge is -2.12. The van der Waals surface area contributed by atoms with Crippen LogP contribution in [0, 0.1) is 11.6 Å². The van der Waals surface area contributed by atoms with Crippen molar-refractivity contribution >= 4 is 23.1 Å². The van der Waals surface area contributed by atoms with Crippen LogP contribution in [0.25, 0.3) is 16.8 Å². The zero-order valence-electron chi connectivity index (χ0n) is 16.5. The van der Waals surface area contributed by atoms with Crippen molar-refractivity contribution in [2.75, 3.05) is 5.32 Å². The molecular weight excluding hydrogens is 447 g/mol. The molecular formula is C23H13F5N2O3. The molecule has 0 fully saturated rings. The number of carbonyl (C=O) groups excluding carboxylic acids is 1. The first-order valence-electron chi connectivity index (χ1n) is 9.37. The number of rotatable bonds is 4. The normalized spacial score (nSPS) is 11.5. The fourth-order valence-electron chi connectivity index (χ4n) is 3.43. The van der Waals surface area contributed by atoms with Gasteiger partial charge in [0.15, 0.2) is 0 Å². The summed E-state index contributed by atoms with van der Waals surface area (Å²) in [5, 5.41) is 11.5. The quantitative estimate of drug-likeness (QED) is 0.375. The second-order valence-corrected chi connectivity index (χ2v) is 7.05. The van der Waals surface area contributed by atoms with E-state index in [0.29, 0.717) is 0 Å². The molecule has 0 saturated carbocycles. The molecule has 0 aliphatic heterocycles. The van der Waals surface area contributed by atoms with E-state index < -0.39 is 40.8 Å². The summed E-state index contributed by atoms with van der Waals surface area (Å²) in [5.74, 6) is -4.49. The van der Waals surface area contributed by atoms with E-state index in [-0.39, 0.29) is 28.0 Å². The lowest BCUT2D eigenvalue weighted by Crippen LogP contribution is -2.15. The van der Waals surface area contributed by atoms with Crippen molar-refractivity contribution in [3.63, 3.8) is 0 Å². The van der Waals surface area contributed by atoms with E-state index in [1.807, 2.05) is 0 Å². The molecule has 10 heteroatoms. The number of aromatic carboxylic acids is 1. The fraction of sp³-hybridized carbons (Fsp3) is 0.0435. The molecule has 0 radical (unpaired) electrons. The van der Waals surface area contributed by atoms with Crippen molar-refractivity contribution in [2.45, 2.75) is 6.18 Å². The predicted molar refractivity (Wildman–Crippen MR) is 109 cm³/mol. The average Bonchev–Trinajstić information content (AvgIpc) is 3.13. The summed E-state index contributed by atoms with van der Waals surface area (Å²) in [6, 6.07) is 11.4. The topological polar surface area (TPSA) is 70.8 Å². The first-order chi connectivity index (χ1) is 15.6. The fourth-order valence-corrected chi connectivity index (χ4v) is 3.43. The molecule has 0 unspecified atom stereocenters. The van der Waals surface area contributed by atoms with Gasteiger partial charge < -0.3 is 14.8 Å². The van der Waals surface area contributed by atoms with Crippen LogP contribution >= 0.6 is 0 Å². The number of fused-ring (bicyclic) bond motifs is 1. The Balaban J connectivity index is 1.74. The molecule has 168 valence electrons. The van der Waals surface area contributed by atoms with Gasteiger partial charge in [-0.25, -0.2) is 13.6 Å². The van der Waals surface area contributed by atoms with Crippen molar-refractivity contribution in [1.82, 2.24) is 4.40 Å². The maximum atomic E-state index is 13.8.